The number of aromatic nitrogens is 2. The molecule has 2 heterocycles. The van der Waals surface area contributed by atoms with Gasteiger partial charge >= 0.3 is 11.4 Å². The van der Waals surface area contributed by atoms with Crippen LogP contribution in [0.3, 0.4) is 0 Å². The van der Waals surface area contributed by atoms with E-state index in [-0.39, 0.29) is 30.5 Å². The van der Waals surface area contributed by atoms with Crippen LogP contribution in [0.15, 0.2) is 56.3 Å². The average Bonchev–Trinajstić information content (AvgIpc) is 3.18. The monoisotopic (exact) mass is 317 g/mol. The lowest BCUT2D eigenvalue weighted by Crippen LogP contribution is -2.20. The standard InChI is InChI=1S/C14H11N3O6/c18-14-16(15-13(23-14)12-6-3-8-21-12)7-9-22-11-5-2-1-4-10(11)17(19)20/h1-6,8H,7,9H2. The van der Waals surface area contributed by atoms with Crippen LogP contribution in [-0.2, 0) is 6.54 Å². The van der Waals surface area contributed by atoms with E-state index in [2.05, 4.69) is 5.10 Å². The highest BCUT2D eigenvalue weighted by molar-refractivity contribution is 5.45. The van der Waals surface area contributed by atoms with Crippen molar-refractivity contribution in [2.75, 3.05) is 6.61 Å². The second-order valence-electron chi connectivity index (χ2n) is 4.45. The van der Waals surface area contributed by atoms with Crippen molar-refractivity contribution in [3.05, 3.63) is 63.3 Å². The molecule has 0 aliphatic rings. The molecule has 9 nitrogen and oxygen atoms in total. The number of nitrogens with zero attached hydrogens (tertiary/aromatic N) is 3. The number of benzene rings is 1. The van der Waals surface area contributed by atoms with Crippen molar-refractivity contribution in [3.63, 3.8) is 0 Å². The fourth-order valence-corrected chi connectivity index (χ4v) is 1.92. The zero-order valence-electron chi connectivity index (χ0n) is 11.7. The van der Waals surface area contributed by atoms with Gasteiger partial charge in [-0.1, -0.05) is 12.1 Å². The number of furan rings is 1. The summed E-state index contributed by atoms with van der Waals surface area (Å²) in [5.41, 5.74) is -0.142. The number of hydrogen-bond acceptors (Lipinski definition) is 7. The third-order valence-corrected chi connectivity index (χ3v) is 2.96. The van der Waals surface area contributed by atoms with Gasteiger partial charge in [-0.25, -0.2) is 4.79 Å². The summed E-state index contributed by atoms with van der Waals surface area (Å²) in [6.07, 6.45) is 1.44. The molecule has 0 aliphatic heterocycles. The second-order valence-corrected chi connectivity index (χ2v) is 4.45. The Hall–Kier alpha value is -3.36. The first-order valence-electron chi connectivity index (χ1n) is 6.63. The number of rotatable bonds is 6. The Labute approximate surface area is 128 Å². The number of ether oxygens (including phenoxy) is 1. The molecular formula is C14H11N3O6. The minimum atomic E-state index is -0.664. The molecule has 0 unspecified atom stereocenters. The fourth-order valence-electron chi connectivity index (χ4n) is 1.92. The maximum atomic E-state index is 11.7. The average molecular weight is 317 g/mol. The lowest BCUT2D eigenvalue weighted by molar-refractivity contribution is -0.385. The van der Waals surface area contributed by atoms with Gasteiger partial charge in [-0.2, -0.15) is 4.68 Å². The number of nitro benzene ring substituents is 1. The van der Waals surface area contributed by atoms with Crippen LogP contribution < -0.4 is 10.5 Å². The van der Waals surface area contributed by atoms with Crippen molar-refractivity contribution < 1.29 is 18.5 Å². The van der Waals surface area contributed by atoms with Gasteiger partial charge in [-0.05, 0) is 18.2 Å². The molecule has 0 radical (unpaired) electrons. The largest absolute Gasteiger partial charge is 0.485 e. The molecule has 3 aromatic rings. The van der Waals surface area contributed by atoms with Gasteiger partial charge in [0.05, 0.1) is 17.7 Å². The summed E-state index contributed by atoms with van der Waals surface area (Å²) in [6, 6.07) is 9.25. The minimum Gasteiger partial charge on any atom is -0.485 e. The molecule has 0 atom stereocenters. The molecule has 118 valence electrons. The first kappa shape index (κ1) is 14.6. The van der Waals surface area contributed by atoms with Crippen molar-refractivity contribution in [2.45, 2.75) is 6.54 Å². The van der Waals surface area contributed by atoms with E-state index in [1.165, 1.54) is 18.4 Å². The van der Waals surface area contributed by atoms with Crippen LogP contribution in [0.1, 0.15) is 0 Å². The van der Waals surface area contributed by atoms with Crippen molar-refractivity contribution >= 4 is 5.69 Å². The summed E-state index contributed by atoms with van der Waals surface area (Å²) < 4.78 is 16.5. The van der Waals surface area contributed by atoms with Gasteiger partial charge in [0.2, 0.25) is 0 Å². The molecule has 0 amide bonds. The maximum absolute atomic E-state index is 11.7. The van der Waals surface area contributed by atoms with E-state index >= 15 is 0 Å². The van der Waals surface area contributed by atoms with Crippen molar-refractivity contribution in [3.8, 4) is 17.4 Å². The van der Waals surface area contributed by atoms with Crippen LogP contribution in [0, 0.1) is 10.1 Å². The summed E-state index contributed by atoms with van der Waals surface area (Å²) in [5.74, 6) is -0.144. The van der Waals surface area contributed by atoms with E-state index in [1.54, 1.807) is 24.3 Å². The minimum absolute atomic E-state index is 0.0227. The molecule has 9 heteroatoms. The molecule has 0 aliphatic carbocycles. The number of nitro groups is 1. The van der Waals surface area contributed by atoms with Crippen LogP contribution in [0.4, 0.5) is 5.69 Å². The first-order valence-corrected chi connectivity index (χ1v) is 6.63. The molecule has 0 fully saturated rings. The van der Waals surface area contributed by atoms with Crippen LogP contribution in [0.2, 0.25) is 0 Å². The molecule has 1 aromatic carbocycles. The van der Waals surface area contributed by atoms with Gasteiger partial charge in [-0.3, -0.25) is 10.1 Å². The van der Waals surface area contributed by atoms with Crippen molar-refractivity contribution in [1.82, 2.24) is 9.78 Å². The molecular weight excluding hydrogens is 306 g/mol. The van der Waals surface area contributed by atoms with E-state index in [1.807, 2.05) is 0 Å². The molecule has 2 aromatic heterocycles. The Balaban J connectivity index is 1.68. The highest BCUT2D eigenvalue weighted by Crippen LogP contribution is 2.25. The van der Waals surface area contributed by atoms with Crippen LogP contribution in [-0.4, -0.2) is 21.3 Å². The van der Waals surface area contributed by atoms with E-state index in [4.69, 9.17) is 13.6 Å². The van der Waals surface area contributed by atoms with E-state index < -0.39 is 10.7 Å². The molecule has 3 rings (SSSR count). The van der Waals surface area contributed by atoms with E-state index in [9.17, 15) is 14.9 Å². The Bertz CT molecular complexity index is 865. The zero-order chi connectivity index (χ0) is 16.2. The molecule has 0 spiro atoms. The third-order valence-electron chi connectivity index (χ3n) is 2.96. The van der Waals surface area contributed by atoms with Crippen molar-refractivity contribution in [2.24, 2.45) is 0 Å². The van der Waals surface area contributed by atoms with Gasteiger partial charge in [-0.15, -0.1) is 5.10 Å². The highest BCUT2D eigenvalue weighted by atomic mass is 16.6. The smallest absolute Gasteiger partial charge is 0.437 e. The van der Waals surface area contributed by atoms with Gasteiger partial charge in [0.15, 0.2) is 11.5 Å². The fraction of sp³-hybridized carbons (Fsp3) is 0.143. The normalized spacial score (nSPS) is 10.6. The summed E-state index contributed by atoms with van der Waals surface area (Å²) >= 11 is 0. The van der Waals surface area contributed by atoms with Gasteiger partial charge in [0.25, 0.3) is 5.89 Å². The van der Waals surface area contributed by atoms with E-state index in [0.29, 0.717) is 5.76 Å². The van der Waals surface area contributed by atoms with Crippen LogP contribution >= 0.6 is 0 Å². The van der Waals surface area contributed by atoms with Crippen LogP contribution in [0.25, 0.3) is 11.7 Å². The Morgan fingerprint density at radius 2 is 2.09 bits per heavy atom. The second kappa shape index (κ2) is 6.18. The topological polar surface area (TPSA) is 114 Å². The highest BCUT2D eigenvalue weighted by Gasteiger charge is 2.15. The predicted octanol–water partition coefficient (Wildman–Crippen LogP) is 2.08. The summed E-state index contributed by atoms with van der Waals surface area (Å²) in [6.45, 7) is 0.101. The van der Waals surface area contributed by atoms with Crippen LogP contribution in [0.5, 0.6) is 5.75 Å². The SMILES string of the molecule is O=c1oc(-c2ccco2)nn1CCOc1ccccc1[N+](=O)[O-]. The molecule has 0 N–H and O–H groups in total. The summed E-state index contributed by atoms with van der Waals surface area (Å²) in [7, 11) is 0. The predicted molar refractivity (Wildman–Crippen MR) is 77.1 cm³/mol. The summed E-state index contributed by atoms with van der Waals surface area (Å²) in [4.78, 5) is 22.0. The first-order chi connectivity index (χ1) is 11.1. The molecule has 0 bridgehead atoms. The maximum Gasteiger partial charge on any atom is 0.437 e. The summed E-state index contributed by atoms with van der Waals surface area (Å²) in [5, 5.41) is 14.8. The van der Waals surface area contributed by atoms with Gasteiger partial charge in [0, 0.05) is 6.07 Å². The van der Waals surface area contributed by atoms with E-state index in [0.717, 1.165) is 4.68 Å². The molecule has 0 saturated heterocycles. The number of hydrogen-bond donors (Lipinski definition) is 0. The lowest BCUT2D eigenvalue weighted by Gasteiger charge is -2.05. The number of para-hydroxylation sites is 2. The third kappa shape index (κ3) is 3.12. The lowest BCUT2D eigenvalue weighted by atomic mass is 10.3. The Morgan fingerprint density at radius 3 is 2.83 bits per heavy atom. The quantitative estimate of drug-likeness (QED) is 0.505. The molecule has 0 saturated carbocycles. The molecule has 23 heavy (non-hydrogen) atoms. The van der Waals surface area contributed by atoms with Gasteiger partial charge in [0.1, 0.15) is 6.61 Å². The Morgan fingerprint density at radius 1 is 1.26 bits per heavy atom. The zero-order valence-corrected chi connectivity index (χ0v) is 11.7. The van der Waals surface area contributed by atoms with Crippen molar-refractivity contribution in [1.29, 1.82) is 0 Å². The van der Waals surface area contributed by atoms with Gasteiger partial charge < -0.3 is 13.6 Å². The Kier molecular flexibility index (Phi) is 3.91.